The lowest BCUT2D eigenvalue weighted by Gasteiger charge is -2.37. The molecule has 0 N–H and O–H groups in total. The van der Waals surface area contributed by atoms with E-state index in [4.69, 9.17) is 4.74 Å². The molecule has 1 aliphatic rings. The Balaban J connectivity index is 1.41. The topological polar surface area (TPSA) is 48.9 Å². The Morgan fingerprint density at radius 2 is 1.72 bits per heavy atom. The number of benzene rings is 2. The minimum absolute atomic E-state index is 0.184. The first kappa shape index (κ1) is 21.8. The van der Waals surface area contributed by atoms with Crippen LogP contribution in [0.3, 0.4) is 0 Å². The number of carbonyl (C=O) groups excluding carboxylic acids is 1. The van der Waals surface area contributed by atoms with Gasteiger partial charge in [0.05, 0.1) is 12.8 Å². The third kappa shape index (κ3) is 5.06. The van der Waals surface area contributed by atoms with E-state index in [-0.39, 0.29) is 11.7 Å². The molecule has 0 spiro atoms. The van der Waals surface area contributed by atoms with Gasteiger partial charge >= 0.3 is 0 Å². The van der Waals surface area contributed by atoms with Crippen molar-refractivity contribution in [3.8, 4) is 5.75 Å². The summed E-state index contributed by atoms with van der Waals surface area (Å²) in [5, 5.41) is 0. The predicted molar refractivity (Wildman–Crippen MR) is 124 cm³/mol. The van der Waals surface area contributed by atoms with Crippen molar-refractivity contribution >= 4 is 17.4 Å². The Bertz CT molecular complexity index is 1020. The first-order valence-corrected chi connectivity index (χ1v) is 10.7. The van der Waals surface area contributed by atoms with Gasteiger partial charge in [0.15, 0.2) is 0 Å². The highest BCUT2D eigenvalue weighted by atomic mass is 18.2. The molecule has 1 aliphatic heterocycles. The summed E-state index contributed by atoms with van der Waals surface area (Å²) in [5.74, 6) is 0.928. The summed E-state index contributed by atoms with van der Waals surface area (Å²) in [6.07, 6.45) is 1.67. The number of piperazine rings is 1. The van der Waals surface area contributed by atoms with Gasteiger partial charge in [-0.25, -0.2) is 9.37 Å². The zero-order valence-electron chi connectivity index (χ0n) is 18.2. The van der Waals surface area contributed by atoms with Crippen LogP contribution in [-0.2, 0) is 0 Å². The quantitative estimate of drug-likeness (QED) is 0.569. The Morgan fingerprint density at radius 3 is 2.41 bits per heavy atom. The van der Waals surface area contributed by atoms with Gasteiger partial charge < -0.3 is 9.64 Å². The Kier molecular flexibility index (Phi) is 6.97. The van der Waals surface area contributed by atoms with Crippen LogP contribution in [0, 0.1) is 5.82 Å². The molecule has 166 valence electrons. The van der Waals surface area contributed by atoms with Crippen molar-refractivity contribution in [3.05, 3.63) is 84.3 Å². The van der Waals surface area contributed by atoms with Gasteiger partial charge in [-0.3, -0.25) is 14.6 Å². The molecule has 0 radical (unpaired) electrons. The molecule has 0 atom stereocenters. The molecule has 2 heterocycles. The second-order valence-corrected chi connectivity index (χ2v) is 7.65. The second kappa shape index (κ2) is 10.2. The highest BCUT2D eigenvalue weighted by Gasteiger charge is 2.23. The third-order valence-electron chi connectivity index (χ3n) is 5.70. The largest absolute Gasteiger partial charge is 0.495 e. The Labute approximate surface area is 187 Å². The average molecular weight is 434 g/mol. The van der Waals surface area contributed by atoms with Crippen molar-refractivity contribution in [1.82, 2.24) is 9.88 Å². The number of para-hydroxylation sites is 2. The molecule has 6 nitrogen and oxygen atoms in total. The van der Waals surface area contributed by atoms with Crippen molar-refractivity contribution in [3.63, 3.8) is 0 Å². The van der Waals surface area contributed by atoms with Gasteiger partial charge in [0.1, 0.15) is 17.4 Å². The molecular formula is C25H27FN4O2. The summed E-state index contributed by atoms with van der Waals surface area (Å²) >= 11 is 0. The van der Waals surface area contributed by atoms with Crippen LogP contribution in [0.15, 0.2) is 72.9 Å². The number of aromatic nitrogens is 1. The summed E-state index contributed by atoms with van der Waals surface area (Å²) in [6, 6.07) is 19.2. The lowest BCUT2D eigenvalue weighted by Crippen LogP contribution is -2.49. The third-order valence-corrected chi connectivity index (χ3v) is 5.70. The maximum absolute atomic E-state index is 13.3. The fourth-order valence-electron chi connectivity index (χ4n) is 3.93. The van der Waals surface area contributed by atoms with E-state index in [1.54, 1.807) is 18.2 Å². The van der Waals surface area contributed by atoms with E-state index in [9.17, 15) is 9.18 Å². The van der Waals surface area contributed by atoms with Crippen LogP contribution in [0.5, 0.6) is 5.75 Å². The number of hydrogen-bond donors (Lipinski definition) is 0. The van der Waals surface area contributed by atoms with E-state index in [1.165, 1.54) is 24.3 Å². The summed E-state index contributed by atoms with van der Waals surface area (Å²) in [4.78, 5) is 23.9. The van der Waals surface area contributed by atoms with Crippen molar-refractivity contribution < 1.29 is 13.9 Å². The van der Waals surface area contributed by atoms with E-state index in [1.807, 2.05) is 36.4 Å². The lowest BCUT2D eigenvalue weighted by atomic mass is 10.2. The van der Waals surface area contributed by atoms with Crippen LogP contribution in [0.25, 0.3) is 0 Å². The van der Waals surface area contributed by atoms with Gasteiger partial charge in [-0.1, -0.05) is 18.2 Å². The van der Waals surface area contributed by atoms with Crippen LogP contribution < -0.4 is 14.5 Å². The number of rotatable bonds is 7. The monoisotopic (exact) mass is 433 g/mol. The maximum Gasteiger partial charge on any atom is 0.259 e. The van der Waals surface area contributed by atoms with Gasteiger partial charge in [-0.05, 0) is 48.5 Å². The molecular weight excluding hydrogens is 406 g/mol. The van der Waals surface area contributed by atoms with Crippen molar-refractivity contribution in [2.24, 2.45) is 0 Å². The summed E-state index contributed by atoms with van der Waals surface area (Å²) in [5.41, 5.74) is 1.55. The Morgan fingerprint density at radius 1 is 1.00 bits per heavy atom. The van der Waals surface area contributed by atoms with Crippen molar-refractivity contribution in [2.45, 2.75) is 0 Å². The first-order valence-electron chi connectivity index (χ1n) is 10.7. The van der Waals surface area contributed by atoms with Gasteiger partial charge in [0.25, 0.3) is 5.91 Å². The maximum atomic E-state index is 13.3. The SMILES string of the molecule is COc1ccccc1N1CCN(CCN(C(=O)c2ccc([18F])cc2)c2ccccn2)CC1. The standard InChI is InChI=1S/C25H27FN4O2/c1-32-23-7-3-2-6-22(23)29-17-14-28(15-18-29)16-19-30(24-8-4-5-13-27-24)25(31)20-9-11-21(26)12-10-20/h2-13H,14-19H2,1H3/i26-1. The molecule has 4 rings (SSSR count). The number of nitrogens with zero attached hydrogens (tertiary/aromatic N) is 4. The predicted octanol–water partition coefficient (Wildman–Crippen LogP) is 3.70. The number of anilines is 2. The fraction of sp³-hybridized carbons (Fsp3) is 0.280. The number of carbonyl (C=O) groups is 1. The molecule has 0 aliphatic carbocycles. The minimum atomic E-state index is -0.362. The Hall–Kier alpha value is -3.45. The van der Waals surface area contributed by atoms with E-state index >= 15 is 0 Å². The van der Waals surface area contributed by atoms with E-state index < -0.39 is 0 Å². The number of ether oxygens (including phenoxy) is 1. The van der Waals surface area contributed by atoms with Gasteiger partial charge in [-0.2, -0.15) is 0 Å². The molecule has 0 unspecified atom stereocenters. The molecule has 1 saturated heterocycles. The van der Waals surface area contributed by atoms with Crippen LogP contribution in [0.1, 0.15) is 10.4 Å². The zero-order chi connectivity index (χ0) is 22.3. The van der Waals surface area contributed by atoms with Gasteiger partial charge in [0.2, 0.25) is 0 Å². The molecule has 1 fully saturated rings. The van der Waals surface area contributed by atoms with Crippen LogP contribution in [-0.4, -0.2) is 62.2 Å². The van der Waals surface area contributed by atoms with Gasteiger partial charge in [-0.15, -0.1) is 0 Å². The normalized spacial score (nSPS) is 14.2. The summed E-state index contributed by atoms with van der Waals surface area (Å²) < 4.78 is 18.8. The highest BCUT2D eigenvalue weighted by molar-refractivity contribution is 6.05. The fourth-order valence-corrected chi connectivity index (χ4v) is 3.93. The molecule has 1 aromatic heterocycles. The minimum Gasteiger partial charge on any atom is -0.495 e. The summed E-state index contributed by atoms with van der Waals surface area (Å²) in [7, 11) is 1.69. The van der Waals surface area contributed by atoms with Crippen LogP contribution >= 0.6 is 0 Å². The van der Waals surface area contributed by atoms with Crippen LogP contribution in [0.4, 0.5) is 15.9 Å². The van der Waals surface area contributed by atoms with E-state index in [0.29, 0.717) is 17.9 Å². The van der Waals surface area contributed by atoms with Gasteiger partial charge in [0, 0.05) is 51.0 Å². The second-order valence-electron chi connectivity index (χ2n) is 7.65. The molecule has 1 amide bonds. The molecule has 2 aromatic carbocycles. The lowest BCUT2D eigenvalue weighted by molar-refractivity contribution is 0.0982. The molecule has 7 heteroatoms. The number of methoxy groups -OCH3 is 1. The first-order chi connectivity index (χ1) is 15.7. The molecule has 0 bridgehead atoms. The molecule has 0 saturated carbocycles. The molecule has 3 aromatic rings. The van der Waals surface area contributed by atoms with Crippen molar-refractivity contribution in [1.29, 1.82) is 0 Å². The molecule has 32 heavy (non-hydrogen) atoms. The summed E-state index contributed by atoms with van der Waals surface area (Å²) in [6.45, 7) is 4.77. The zero-order valence-corrected chi connectivity index (χ0v) is 18.2. The number of pyridine rings is 1. The van der Waals surface area contributed by atoms with Crippen LogP contribution in [0.2, 0.25) is 0 Å². The number of hydrogen-bond acceptors (Lipinski definition) is 5. The average Bonchev–Trinajstić information content (AvgIpc) is 2.85. The smallest absolute Gasteiger partial charge is 0.259 e. The number of amides is 1. The van der Waals surface area contributed by atoms with E-state index in [2.05, 4.69) is 20.9 Å². The van der Waals surface area contributed by atoms with Crippen molar-refractivity contribution in [2.75, 3.05) is 56.2 Å². The number of halogens is 1. The highest BCUT2D eigenvalue weighted by Crippen LogP contribution is 2.28. The van der Waals surface area contributed by atoms with E-state index in [0.717, 1.165) is 44.2 Å².